The molecule has 88 valence electrons. The van der Waals surface area contributed by atoms with Crippen LogP contribution in [-0.2, 0) is 0 Å². The van der Waals surface area contributed by atoms with Crippen LogP contribution >= 0.6 is 31.9 Å². The monoisotopic (exact) mass is 347 g/mol. The molecule has 0 unspecified atom stereocenters. The Bertz CT molecular complexity index is 366. The summed E-state index contributed by atoms with van der Waals surface area (Å²) in [5.74, 6) is 0.0712. The van der Waals surface area contributed by atoms with Crippen molar-refractivity contribution < 1.29 is 4.79 Å². The van der Waals surface area contributed by atoms with Gasteiger partial charge >= 0.3 is 0 Å². The maximum atomic E-state index is 12.3. The maximum Gasteiger partial charge on any atom is 0.255 e. The number of nitrogens with zero attached hydrogens (tertiary/aromatic N) is 1. The molecule has 1 aromatic rings. The first-order chi connectivity index (χ1) is 7.57. The van der Waals surface area contributed by atoms with E-state index in [1.165, 1.54) is 0 Å². The Labute approximate surface area is 113 Å². The Morgan fingerprint density at radius 3 is 2.50 bits per heavy atom. The van der Waals surface area contributed by atoms with E-state index in [2.05, 4.69) is 31.9 Å². The summed E-state index contributed by atoms with van der Waals surface area (Å²) in [6.07, 6.45) is 0. The van der Waals surface area contributed by atoms with Crippen LogP contribution in [0.5, 0.6) is 0 Å². The molecule has 0 heterocycles. The fourth-order valence-electron chi connectivity index (χ4n) is 1.47. The van der Waals surface area contributed by atoms with Gasteiger partial charge in [-0.05, 0) is 41.9 Å². The van der Waals surface area contributed by atoms with Gasteiger partial charge in [0.25, 0.3) is 5.91 Å². The van der Waals surface area contributed by atoms with Gasteiger partial charge in [0.05, 0.1) is 5.56 Å². The first kappa shape index (κ1) is 13.7. The summed E-state index contributed by atoms with van der Waals surface area (Å²) in [4.78, 5) is 14.1. The number of rotatable bonds is 4. The lowest BCUT2D eigenvalue weighted by Crippen LogP contribution is -2.38. The minimum absolute atomic E-state index is 0.0712. The summed E-state index contributed by atoms with van der Waals surface area (Å²) in [5.41, 5.74) is 0.720. The smallest absolute Gasteiger partial charge is 0.255 e. The van der Waals surface area contributed by atoms with Crippen LogP contribution < -0.4 is 0 Å². The first-order valence-corrected chi connectivity index (χ1v) is 7.10. The van der Waals surface area contributed by atoms with Crippen molar-refractivity contribution in [3.63, 3.8) is 0 Å². The summed E-state index contributed by atoms with van der Waals surface area (Å²) in [5, 5.41) is 0.793. The quantitative estimate of drug-likeness (QED) is 0.760. The maximum absolute atomic E-state index is 12.3. The lowest BCUT2D eigenvalue weighted by Gasteiger charge is -2.26. The second kappa shape index (κ2) is 6.40. The van der Waals surface area contributed by atoms with E-state index < -0.39 is 0 Å². The fraction of sp³-hybridized carbons (Fsp3) is 0.417. The molecule has 0 radical (unpaired) electrons. The molecule has 0 aliphatic heterocycles. The molecule has 0 saturated carbocycles. The molecule has 0 N–H and O–H groups in total. The Kier molecular flexibility index (Phi) is 5.49. The Balaban J connectivity index is 2.95. The van der Waals surface area contributed by atoms with Gasteiger partial charge in [0.2, 0.25) is 0 Å². The number of hydrogen-bond donors (Lipinski definition) is 0. The topological polar surface area (TPSA) is 20.3 Å². The van der Waals surface area contributed by atoms with Crippen molar-refractivity contribution >= 4 is 37.8 Å². The molecule has 0 aromatic heterocycles. The number of carbonyl (C=O) groups excluding carboxylic acids is 1. The number of alkyl halides is 1. The largest absolute Gasteiger partial charge is 0.335 e. The lowest BCUT2D eigenvalue weighted by molar-refractivity contribution is 0.0718. The van der Waals surface area contributed by atoms with Crippen LogP contribution in [0.1, 0.15) is 24.2 Å². The van der Waals surface area contributed by atoms with Gasteiger partial charge in [-0.15, -0.1) is 0 Å². The zero-order valence-corrected chi connectivity index (χ0v) is 12.6. The summed E-state index contributed by atoms with van der Waals surface area (Å²) >= 11 is 6.78. The average Bonchev–Trinajstić information content (AvgIpc) is 2.25. The van der Waals surface area contributed by atoms with E-state index in [9.17, 15) is 4.79 Å². The molecule has 1 aromatic carbocycles. The third kappa shape index (κ3) is 3.32. The summed E-state index contributed by atoms with van der Waals surface area (Å²) in [6.45, 7) is 4.77. The van der Waals surface area contributed by atoms with E-state index in [0.29, 0.717) is 0 Å². The Morgan fingerprint density at radius 2 is 2.00 bits per heavy atom. The predicted molar refractivity (Wildman–Crippen MR) is 74.1 cm³/mol. The summed E-state index contributed by atoms with van der Waals surface area (Å²) in [6, 6.07) is 7.73. The second-order valence-corrected chi connectivity index (χ2v) is 5.41. The highest BCUT2D eigenvalue weighted by Gasteiger charge is 2.19. The van der Waals surface area contributed by atoms with Gasteiger partial charge in [0, 0.05) is 22.4 Å². The Hall–Kier alpha value is -0.350. The molecule has 2 nitrogen and oxygen atoms in total. The number of benzene rings is 1. The number of hydrogen-bond acceptors (Lipinski definition) is 1. The van der Waals surface area contributed by atoms with E-state index in [-0.39, 0.29) is 11.9 Å². The van der Waals surface area contributed by atoms with E-state index >= 15 is 0 Å². The number of halogens is 2. The molecule has 0 atom stereocenters. The fourth-order valence-corrected chi connectivity index (χ4v) is 2.31. The highest BCUT2D eigenvalue weighted by molar-refractivity contribution is 9.10. The van der Waals surface area contributed by atoms with E-state index in [1.54, 1.807) is 0 Å². The van der Waals surface area contributed by atoms with Crippen molar-refractivity contribution in [3.8, 4) is 0 Å². The number of carbonyl (C=O) groups is 1. The first-order valence-electron chi connectivity index (χ1n) is 5.19. The SMILES string of the molecule is CC(C)N(CCBr)C(=O)c1ccccc1Br. The minimum atomic E-state index is 0.0712. The van der Waals surface area contributed by atoms with Gasteiger partial charge < -0.3 is 4.90 Å². The van der Waals surface area contributed by atoms with Crippen molar-refractivity contribution in [1.82, 2.24) is 4.90 Å². The molecule has 0 aliphatic carbocycles. The average molecular weight is 349 g/mol. The predicted octanol–water partition coefficient (Wildman–Crippen LogP) is 3.69. The van der Waals surface area contributed by atoms with Gasteiger partial charge in [-0.2, -0.15) is 0 Å². The molecule has 0 aliphatic rings. The van der Waals surface area contributed by atoms with Crippen molar-refractivity contribution in [2.24, 2.45) is 0 Å². The van der Waals surface area contributed by atoms with Crippen LogP contribution in [0.2, 0.25) is 0 Å². The standard InChI is InChI=1S/C12H15Br2NO/c1-9(2)15(8-7-13)12(16)10-5-3-4-6-11(10)14/h3-6,9H,7-8H2,1-2H3. The molecular formula is C12H15Br2NO. The molecule has 0 fully saturated rings. The molecule has 4 heteroatoms. The Morgan fingerprint density at radius 1 is 1.38 bits per heavy atom. The van der Waals surface area contributed by atoms with Gasteiger partial charge in [-0.3, -0.25) is 4.79 Å². The normalized spacial score (nSPS) is 10.6. The summed E-state index contributed by atoms with van der Waals surface area (Å²) < 4.78 is 0.847. The van der Waals surface area contributed by atoms with Crippen LogP contribution in [0.25, 0.3) is 0 Å². The molecule has 0 saturated heterocycles. The highest BCUT2D eigenvalue weighted by Crippen LogP contribution is 2.19. The minimum Gasteiger partial charge on any atom is -0.335 e. The van der Waals surface area contributed by atoms with Crippen LogP contribution in [0, 0.1) is 0 Å². The van der Waals surface area contributed by atoms with Crippen molar-refractivity contribution in [3.05, 3.63) is 34.3 Å². The van der Waals surface area contributed by atoms with Crippen LogP contribution in [0.4, 0.5) is 0 Å². The molecule has 0 bridgehead atoms. The van der Waals surface area contributed by atoms with Crippen molar-refractivity contribution in [1.29, 1.82) is 0 Å². The van der Waals surface area contributed by atoms with Crippen LogP contribution in [0.3, 0.4) is 0 Å². The molecule has 1 rings (SSSR count). The van der Waals surface area contributed by atoms with Crippen LogP contribution in [-0.4, -0.2) is 28.7 Å². The van der Waals surface area contributed by atoms with E-state index in [0.717, 1.165) is 21.9 Å². The third-order valence-corrected chi connectivity index (χ3v) is 3.36. The number of amides is 1. The zero-order valence-electron chi connectivity index (χ0n) is 9.41. The molecule has 16 heavy (non-hydrogen) atoms. The van der Waals surface area contributed by atoms with E-state index in [4.69, 9.17) is 0 Å². The van der Waals surface area contributed by atoms with Gasteiger partial charge in [0.15, 0.2) is 0 Å². The van der Waals surface area contributed by atoms with Gasteiger partial charge in [0.1, 0.15) is 0 Å². The van der Waals surface area contributed by atoms with Crippen LogP contribution in [0.15, 0.2) is 28.7 Å². The van der Waals surface area contributed by atoms with Gasteiger partial charge in [-0.1, -0.05) is 28.1 Å². The second-order valence-electron chi connectivity index (χ2n) is 3.76. The zero-order chi connectivity index (χ0) is 12.1. The third-order valence-electron chi connectivity index (χ3n) is 2.31. The molecule has 0 spiro atoms. The van der Waals surface area contributed by atoms with E-state index in [1.807, 2.05) is 43.0 Å². The lowest BCUT2D eigenvalue weighted by atomic mass is 10.2. The van der Waals surface area contributed by atoms with Crippen molar-refractivity contribution in [2.45, 2.75) is 19.9 Å². The summed E-state index contributed by atoms with van der Waals surface area (Å²) in [7, 11) is 0. The molecular weight excluding hydrogens is 334 g/mol. The van der Waals surface area contributed by atoms with Gasteiger partial charge in [-0.25, -0.2) is 0 Å². The molecule has 1 amide bonds. The highest BCUT2D eigenvalue weighted by atomic mass is 79.9. The van der Waals surface area contributed by atoms with Crippen molar-refractivity contribution in [2.75, 3.05) is 11.9 Å².